The highest BCUT2D eigenvalue weighted by Crippen LogP contribution is 2.37. The number of hydrogen-bond donors (Lipinski definition) is 2. The fourth-order valence-corrected chi connectivity index (χ4v) is 5.41. The molecule has 2 unspecified atom stereocenters. The number of likely N-dealkylation sites (tertiary alicyclic amines) is 1. The Bertz CT molecular complexity index is 904. The van der Waals surface area contributed by atoms with Crippen molar-refractivity contribution in [1.82, 2.24) is 14.9 Å². The second-order valence-corrected chi connectivity index (χ2v) is 9.51. The average molecular weight is 422 g/mol. The molecule has 3 rings (SSSR count). The maximum atomic E-state index is 12.4. The van der Waals surface area contributed by atoms with Crippen molar-refractivity contribution in [3.63, 3.8) is 0 Å². The van der Waals surface area contributed by atoms with Crippen molar-refractivity contribution in [3.05, 3.63) is 29.3 Å². The minimum absolute atomic E-state index is 0.00853. The largest absolute Gasteiger partial charge is 0.353 e. The number of fused-ring (bicyclic) bond motifs is 1. The summed E-state index contributed by atoms with van der Waals surface area (Å²) in [5, 5.41) is 2.57. The second-order valence-electron chi connectivity index (χ2n) is 7.78. The molecule has 1 aromatic rings. The Labute approximate surface area is 171 Å². The smallest absolute Gasteiger partial charge is 0.240 e. The highest BCUT2D eigenvalue weighted by molar-refractivity contribution is 7.89. The van der Waals surface area contributed by atoms with Crippen LogP contribution in [-0.2, 0) is 24.4 Å². The number of imide groups is 1. The van der Waals surface area contributed by atoms with Gasteiger partial charge in [-0.05, 0) is 43.9 Å². The van der Waals surface area contributed by atoms with E-state index in [9.17, 15) is 22.8 Å². The molecule has 0 bridgehead atoms. The molecule has 2 N–H and O–H groups in total. The molecule has 1 aromatic carbocycles. The van der Waals surface area contributed by atoms with Crippen molar-refractivity contribution >= 4 is 27.7 Å². The Morgan fingerprint density at radius 2 is 1.69 bits per heavy atom. The third-order valence-electron chi connectivity index (χ3n) is 5.61. The molecular weight excluding hydrogens is 394 g/mol. The molecule has 2 atom stereocenters. The van der Waals surface area contributed by atoms with Crippen LogP contribution in [0.15, 0.2) is 23.1 Å². The topological polar surface area (TPSA) is 113 Å². The minimum Gasteiger partial charge on any atom is -0.353 e. The monoisotopic (exact) mass is 421 g/mol. The molecule has 2 aliphatic rings. The maximum Gasteiger partial charge on any atom is 0.240 e. The van der Waals surface area contributed by atoms with Crippen LogP contribution in [0, 0.1) is 25.7 Å². The van der Waals surface area contributed by atoms with E-state index in [0.29, 0.717) is 18.4 Å². The van der Waals surface area contributed by atoms with Gasteiger partial charge < -0.3 is 5.32 Å². The molecule has 0 spiro atoms. The highest BCUT2D eigenvalue weighted by Gasteiger charge is 2.48. The first-order chi connectivity index (χ1) is 13.7. The quantitative estimate of drug-likeness (QED) is 0.501. The van der Waals surface area contributed by atoms with Crippen molar-refractivity contribution in [3.8, 4) is 0 Å². The molecule has 0 radical (unpaired) electrons. The van der Waals surface area contributed by atoms with Crippen LogP contribution in [0.3, 0.4) is 0 Å². The lowest BCUT2D eigenvalue weighted by molar-refractivity contribution is -0.143. The Balaban J connectivity index is 1.48. The normalized spacial score (nSPS) is 21.9. The fourth-order valence-electron chi connectivity index (χ4n) is 4.05. The van der Waals surface area contributed by atoms with Crippen molar-refractivity contribution < 1.29 is 22.8 Å². The van der Waals surface area contributed by atoms with Gasteiger partial charge in [-0.3, -0.25) is 19.3 Å². The number of carbonyl (C=O) groups is 3. The molecule has 9 heteroatoms. The number of amides is 3. The summed E-state index contributed by atoms with van der Waals surface area (Å²) in [5.41, 5.74) is 1.48. The zero-order chi connectivity index (χ0) is 21.2. The fraction of sp³-hybridized carbons (Fsp3) is 0.550. The van der Waals surface area contributed by atoms with Crippen LogP contribution in [0.4, 0.5) is 0 Å². The summed E-state index contributed by atoms with van der Waals surface area (Å²) in [5.74, 6) is -1.56. The molecule has 3 amide bonds. The van der Waals surface area contributed by atoms with Gasteiger partial charge >= 0.3 is 0 Å². The third kappa shape index (κ3) is 4.67. The standard InChI is InChI=1S/C20H27N3O5S/c1-13-7-8-14(2)17(11-13)29(27,28)22-10-9-21-18(24)12-23-19(25)15-5-3-4-6-16(15)20(23)26/h7-8,11,15-16,22H,3-6,9-10,12H2,1-2H3,(H,21,24). The Morgan fingerprint density at radius 3 is 2.31 bits per heavy atom. The summed E-state index contributed by atoms with van der Waals surface area (Å²) in [6.07, 6.45) is 3.27. The Morgan fingerprint density at radius 1 is 1.07 bits per heavy atom. The van der Waals surface area contributed by atoms with Crippen LogP contribution in [0.5, 0.6) is 0 Å². The van der Waals surface area contributed by atoms with E-state index in [4.69, 9.17) is 0 Å². The van der Waals surface area contributed by atoms with Crippen LogP contribution in [0.25, 0.3) is 0 Å². The molecule has 1 aliphatic carbocycles. The van der Waals surface area contributed by atoms with E-state index in [2.05, 4.69) is 10.0 Å². The maximum absolute atomic E-state index is 12.4. The number of benzene rings is 1. The number of aryl methyl sites for hydroxylation is 2. The van der Waals surface area contributed by atoms with Crippen LogP contribution in [0.2, 0.25) is 0 Å². The summed E-state index contributed by atoms with van der Waals surface area (Å²) in [6, 6.07) is 5.18. The molecule has 1 heterocycles. The SMILES string of the molecule is Cc1ccc(C)c(S(=O)(=O)NCCNC(=O)CN2C(=O)C3CCCCC3C2=O)c1. The number of nitrogens with one attached hydrogen (secondary N) is 2. The van der Waals surface area contributed by atoms with Gasteiger partial charge in [0.1, 0.15) is 6.54 Å². The summed E-state index contributed by atoms with van der Waals surface area (Å²) in [7, 11) is -3.69. The number of carbonyl (C=O) groups excluding carboxylic acids is 3. The Hall–Kier alpha value is -2.26. The number of nitrogens with zero attached hydrogens (tertiary/aromatic N) is 1. The molecule has 2 fully saturated rings. The molecule has 29 heavy (non-hydrogen) atoms. The van der Waals surface area contributed by atoms with E-state index >= 15 is 0 Å². The number of sulfonamides is 1. The van der Waals surface area contributed by atoms with E-state index in [1.165, 1.54) is 0 Å². The highest BCUT2D eigenvalue weighted by atomic mass is 32.2. The van der Waals surface area contributed by atoms with Gasteiger partial charge in [-0.2, -0.15) is 0 Å². The van der Waals surface area contributed by atoms with Gasteiger partial charge in [-0.15, -0.1) is 0 Å². The van der Waals surface area contributed by atoms with E-state index < -0.39 is 15.9 Å². The number of rotatable bonds is 7. The molecule has 0 aromatic heterocycles. The zero-order valence-electron chi connectivity index (χ0n) is 16.7. The summed E-state index contributed by atoms with van der Waals surface area (Å²) in [4.78, 5) is 38.2. The molecule has 158 valence electrons. The van der Waals surface area contributed by atoms with Crippen LogP contribution in [-0.4, -0.2) is 50.7 Å². The van der Waals surface area contributed by atoms with Crippen molar-refractivity contribution in [2.75, 3.05) is 19.6 Å². The zero-order valence-corrected chi connectivity index (χ0v) is 17.5. The van der Waals surface area contributed by atoms with E-state index in [1.54, 1.807) is 19.1 Å². The summed E-state index contributed by atoms with van der Waals surface area (Å²) < 4.78 is 27.3. The first-order valence-corrected chi connectivity index (χ1v) is 11.4. The van der Waals surface area contributed by atoms with E-state index in [-0.39, 0.29) is 48.2 Å². The average Bonchev–Trinajstić information content (AvgIpc) is 2.92. The van der Waals surface area contributed by atoms with Gasteiger partial charge in [0.15, 0.2) is 0 Å². The lowest BCUT2D eigenvalue weighted by Crippen LogP contribution is -2.43. The van der Waals surface area contributed by atoms with Crippen molar-refractivity contribution in [1.29, 1.82) is 0 Å². The summed E-state index contributed by atoms with van der Waals surface area (Å²) in [6.45, 7) is 3.29. The first-order valence-electron chi connectivity index (χ1n) is 9.89. The van der Waals surface area contributed by atoms with Crippen molar-refractivity contribution in [2.45, 2.75) is 44.4 Å². The predicted molar refractivity (Wildman–Crippen MR) is 106 cm³/mol. The number of hydrogen-bond acceptors (Lipinski definition) is 5. The van der Waals surface area contributed by atoms with E-state index in [0.717, 1.165) is 23.3 Å². The van der Waals surface area contributed by atoms with Crippen LogP contribution >= 0.6 is 0 Å². The second kappa shape index (κ2) is 8.62. The predicted octanol–water partition coefficient (Wildman–Crippen LogP) is 0.873. The van der Waals surface area contributed by atoms with Gasteiger partial charge in [0.05, 0.1) is 16.7 Å². The van der Waals surface area contributed by atoms with Gasteiger partial charge in [0.2, 0.25) is 27.7 Å². The van der Waals surface area contributed by atoms with Crippen LogP contribution in [0.1, 0.15) is 36.8 Å². The molecule has 1 saturated heterocycles. The first kappa shape index (κ1) is 21.4. The minimum atomic E-state index is -3.69. The van der Waals surface area contributed by atoms with Crippen molar-refractivity contribution in [2.24, 2.45) is 11.8 Å². The Kier molecular flexibility index (Phi) is 6.38. The lowest BCUT2D eigenvalue weighted by Gasteiger charge is -2.19. The molecular formula is C20H27N3O5S. The molecule has 1 aliphatic heterocycles. The summed E-state index contributed by atoms with van der Waals surface area (Å²) >= 11 is 0. The van der Waals surface area contributed by atoms with Gasteiger partial charge in [0, 0.05) is 13.1 Å². The molecule has 8 nitrogen and oxygen atoms in total. The lowest BCUT2D eigenvalue weighted by atomic mass is 9.81. The van der Waals surface area contributed by atoms with Gasteiger partial charge in [-0.1, -0.05) is 25.0 Å². The van der Waals surface area contributed by atoms with E-state index in [1.807, 2.05) is 13.0 Å². The van der Waals surface area contributed by atoms with Gasteiger partial charge in [-0.25, -0.2) is 13.1 Å². The van der Waals surface area contributed by atoms with Crippen LogP contribution < -0.4 is 10.0 Å². The molecule has 1 saturated carbocycles. The third-order valence-corrected chi connectivity index (χ3v) is 7.21. The van der Waals surface area contributed by atoms with Gasteiger partial charge in [0.25, 0.3) is 0 Å².